The monoisotopic (exact) mass is 195 g/mol. The van der Waals surface area contributed by atoms with Gasteiger partial charge < -0.3 is 5.21 Å². The van der Waals surface area contributed by atoms with Crippen LogP contribution in [0.15, 0.2) is 5.16 Å². The lowest BCUT2D eigenvalue weighted by molar-refractivity contribution is 0.242. The minimum atomic E-state index is 0.309. The first-order valence-corrected chi connectivity index (χ1v) is 6.09. The van der Waals surface area contributed by atoms with E-state index in [0.717, 1.165) is 12.1 Å². The molecular formula is C12H21NO. The van der Waals surface area contributed by atoms with Crippen molar-refractivity contribution >= 4 is 5.71 Å². The minimum absolute atomic E-state index is 0.309. The maximum Gasteiger partial charge on any atom is 0.0632 e. The lowest BCUT2D eigenvalue weighted by atomic mass is 9.68. The van der Waals surface area contributed by atoms with Crippen LogP contribution in [0.25, 0.3) is 0 Å². The summed E-state index contributed by atoms with van der Waals surface area (Å²) < 4.78 is 0. The number of nitrogens with zero attached hydrogens (tertiary/aromatic N) is 1. The summed E-state index contributed by atoms with van der Waals surface area (Å²) in [6.45, 7) is 0. The smallest absolute Gasteiger partial charge is 0.0632 e. The van der Waals surface area contributed by atoms with Gasteiger partial charge in [-0.15, -0.1) is 0 Å². The van der Waals surface area contributed by atoms with Crippen LogP contribution in [0.2, 0.25) is 0 Å². The fourth-order valence-electron chi connectivity index (χ4n) is 3.27. The Labute approximate surface area is 86.4 Å². The van der Waals surface area contributed by atoms with Crippen molar-refractivity contribution in [1.82, 2.24) is 0 Å². The van der Waals surface area contributed by atoms with Gasteiger partial charge in [-0.1, -0.05) is 37.3 Å². The molecule has 2 heteroatoms. The Morgan fingerprint density at radius 3 is 2.00 bits per heavy atom. The van der Waals surface area contributed by atoms with Gasteiger partial charge in [0.15, 0.2) is 0 Å². The summed E-state index contributed by atoms with van der Waals surface area (Å²) in [7, 11) is 0. The molecule has 0 atom stereocenters. The molecule has 0 aromatic carbocycles. The molecule has 2 aliphatic carbocycles. The second-order valence-corrected chi connectivity index (χ2v) is 4.95. The van der Waals surface area contributed by atoms with E-state index < -0.39 is 0 Å². The highest BCUT2D eigenvalue weighted by Gasteiger charge is 2.37. The third-order valence-corrected chi connectivity index (χ3v) is 4.11. The van der Waals surface area contributed by atoms with Gasteiger partial charge in [-0.3, -0.25) is 0 Å². The van der Waals surface area contributed by atoms with Crippen LogP contribution in [0.1, 0.15) is 64.2 Å². The highest BCUT2D eigenvalue weighted by atomic mass is 16.4. The van der Waals surface area contributed by atoms with E-state index in [1.807, 2.05) is 0 Å². The molecule has 0 aromatic rings. The van der Waals surface area contributed by atoms with E-state index in [1.165, 1.54) is 57.8 Å². The van der Waals surface area contributed by atoms with E-state index in [9.17, 15) is 0 Å². The largest absolute Gasteiger partial charge is 0.411 e. The van der Waals surface area contributed by atoms with Crippen LogP contribution in [0.5, 0.6) is 0 Å². The van der Waals surface area contributed by atoms with Gasteiger partial charge in [0.2, 0.25) is 0 Å². The maximum absolute atomic E-state index is 9.12. The average molecular weight is 195 g/mol. The van der Waals surface area contributed by atoms with Crippen molar-refractivity contribution in [2.24, 2.45) is 10.6 Å². The zero-order chi connectivity index (χ0) is 9.86. The van der Waals surface area contributed by atoms with Crippen molar-refractivity contribution < 1.29 is 5.21 Å². The van der Waals surface area contributed by atoms with E-state index >= 15 is 0 Å². The molecule has 1 spiro atoms. The Balaban J connectivity index is 2.17. The normalized spacial score (nSPS) is 30.4. The summed E-state index contributed by atoms with van der Waals surface area (Å²) >= 11 is 0. The quantitative estimate of drug-likeness (QED) is 0.463. The van der Waals surface area contributed by atoms with Crippen LogP contribution < -0.4 is 0 Å². The molecule has 0 saturated heterocycles. The second-order valence-electron chi connectivity index (χ2n) is 4.95. The molecule has 0 heterocycles. The number of hydrogen-bond donors (Lipinski definition) is 1. The number of oxime groups is 1. The highest BCUT2D eigenvalue weighted by Crippen LogP contribution is 2.44. The van der Waals surface area contributed by atoms with Crippen molar-refractivity contribution in [3.05, 3.63) is 0 Å². The third-order valence-electron chi connectivity index (χ3n) is 4.11. The van der Waals surface area contributed by atoms with Crippen molar-refractivity contribution in [2.75, 3.05) is 0 Å². The average Bonchev–Trinajstić information content (AvgIpc) is 2.42. The van der Waals surface area contributed by atoms with Gasteiger partial charge in [0.1, 0.15) is 0 Å². The van der Waals surface area contributed by atoms with E-state index in [2.05, 4.69) is 5.16 Å². The standard InChI is InChI=1S/C12H21NO/c14-13-11-7-3-1-4-8-12(11)9-5-2-6-10-12/h14H,1-10H2. The molecule has 2 saturated carbocycles. The summed E-state index contributed by atoms with van der Waals surface area (Å²) in [6, 6.07) is 0. The molecule has 14 heavy (non-hydrogen) atoms. The van der Waals surface area contributed by atoms with Gasteiger partial charge >= 0.3 is 0 Å². The van der Waals surface area contributed by atoms with Gasteiger partial charge in [-0.2, -0.15) is 0 Å². The van der Waals surface area contributed by atoms with Crippen LogP contribution in [0.4, 0.5) is 0 Å². The summed E-state index contributed by atoms with van der Waals surface area (Å²) in [5.74, 6) is 0. The first-order valence-electron chi connectivity index (χ1n) is 6.09. The summed E-state index contributed by atoms with van der Waals surface area (Å²) in [6.07, 6.45) is 12.8. The van der Waals surface area contributed by atoms with E-state index in [4.69, 9.17) is 5.21 Å². The molecule has 0 bridgehead atoms. The van der Waals surface area contributed by atoms with E-state index in [-0.39, 0.29) is 0 Å². The molecule has 2 fully saturated rings. The molecule has 2 aliphatic rings. The van der Waals surface area contributed by atoms with Gasteiger partial charge in [-0.25, -0.2) is 0 Å². The van der Waals surface area contributed by atoms with Gasteiger partial charge in [0.25, 0.3) is 0 Å². The van der Waals surface area contributed by atoms with Gasteiger partial charge in [0, 0.05) is 5.41 Å². The first-order chi connectivity index (χ1) is 6.87. The van der Waals surface area contributed by atoms with Crippen molar-refractivity contribution in [2.45, 2.75) is 64.2 Å². The van der Waals surface area contributed by atoms with Gasteiger partial charge in [-0.05, 0) is 32.1 Å². The molecule has 0 amide bonds. The zero-order valence-electron chi connectivity index (χ0n) is 8.97. The third kappa shape index (κ3) is 1.79. The van der Waals surface area contributed by atoms with Crippen LogP contribution in [0.3, 0.4) is 0 Å². The summed E-state index contributed by atoms with van der Waals surface area (Å²) in [5, 5.41) is 12.7. The molecule has 0 aromatic heterocycles. The highest BCUT2D eigenvalue weighted by molar-refractivity contribution is 5.90. The molecule has 1 N–H and O–H groups in total. The SMILES string of the molecule is ON=C1CCCCCC12CCCCC2. The number of hydrogen-bond acceptors (Lipinski definition) is 2. The van der Waals surface area contributed by atoms with E-state index in [1.54, 1.807) is 0 Å². The van der Waals surface area contributed by atoms with Crippen molar-refractivity contribution in [1.29, 1.82) is 0 Å². The van der Waals surface area contributed by atoms with Gasteiger partial charge in [0.05, 0.1) is 5.71 Å². The Bertz CT molecular complexity index is 216. The number of rotatable bonds is 0. The molecule has 2 rings (SSSR count). The predicted molar refractivity (Wildman–Crippen MR) is 57.8 cm³/mol. The Hall–Kier alpha value is -0.530. The molecule has 0 radical (unpaired) electrons. The van der Waals surface area contributed by atoms with Crippen LogP contribution >= 0.6 is 0 Å². The fraction of sp³-hybridized carbons (Fsp3) is 0.917. The molecular weight excluding hydrogens is 174 g/mol. The Morgan fingerprint density at radius 2 is 1.43 bits per heavy atom. The topological polar surface area (TPSA) is 32.6 Å². The fourth-order valence-corrected chi connectivity index (χ4v) is 3.27. The Morgan fingerprint density at radius 1 is 0.857 bits per heavy atom. The summed E-state index contributed by atoms with van der Waals surface area (Å²) in [4.78, 5) is 0. The first kappa shape index (κ1) is 10.0. The second kappa shape index (κ2) is 4.33. The van der Waals surface area contributed by atoms with Crippen molar-refractivity contribution in [3.8, 4) is 0 Å². The predicted octanol–water partition coefficient (Wildman–Crippen LogP) is 3.73. The van der Waals surface area contributed by atoms with E-state index in [0.29, 0.717) is 5.41 Å². The zero-order valence-corrected chi connectivity index (χ0v) is 8.97. The lowest BCUT2D eigenvalue weighted by Gasteiger charge is -2.36. The van der Waals surface area contributed by atoms with Crippen molar-refractivity contribution in [3.63, 3.8) is 0 Å². The maximum atomic E-state index is 9.12. The molecule has 80 valence electrons. The minimum Gasteiger partial charge on any atom is -0.411 e. The van der Waals surface area contributed by atoms with Crippen LogP contribution in [-0.4, -0.2) is 10.9 Å². The molecule has 2 nitrogen and oxygen atoms in total. The van der Waals surface area contributed by atoms with Crippen LogP contribution in [-0.2, 0) is 0 Å². The Kier molecular flexibility index (Phi) is 3.09. The molecule has 0 unspecified atom stereocenters. The lowest BCUT2D eigenvalue weighted by Crippen LogP contribution is -2.32. The molecule has 0 aliphatic heterocycles. The van der Waals surface area contributed by atoms with Crippen LogP contribution in [0, 0.1) is 5.41 Å². The summed E-state index contributed by atoms with van der Waals surface area (Å²) in [5.41, 5.74) is 1.43.